The third-order valence-electron chi connectivity index (χ3n) is 2.70. The fourth-order valence-corrected chi connectivity index (χ4v) is 2.03. The van der Waals surface area contributed by atoms with Crippen molar-refractivity contribution >= 4 is 27.8 Å². The van der Waals surface area contributed by atoms with Gasteiger partial charge in [-0.2, -0.15) is 0 Å². The average molecular weight is 357 g/mol. The molecule has 1 rings (SSSR count). The molecule has 5 nitrogen and oxygen atoms in total. The molecule has 1 aromatic rings. The second-order valence-electron chi connectivity index (χ2n) is 5.81. The molecule has 1 unspecified atom stereocenters. The number of hydrogen-bond donors (Lipinski definition) is 1. The molecule has 0 aliphatic carbocycles. The van der Waals surface area contributed by atoms with Crippen molar-refractivity contribution in [2.75, 3.05) is 7.05 Å². The maximum Gasteiger partial charge on any atom is 0.311 e. The zero-order chi connectivity index (χ0) is 16.3. The van der Waals surface area contributed by atoms with Crippen LogP contribution >= 0.6 is 15.9 Å². The molecule has 0 saturated carbocycles. The van der Waals surface area contributed by atoms with Gasteiger partial charge in [0.2, 0.25) is 0 Å². The molecule has 0 aliphatic rings. The third kappa shape index (κ3) is 5.47. The van der Waals surface area contributed by atoms with Crippen LogP contribution in [0.25, 0.3) is 0 Å². The molecule has 0 bridgehead atoms. The van der Waals surface area contributed by atoms with Gasteiger partial charge in [0, 0.05) is 12.6 Å². The zero-order valence-electron chi connectivity index (χ0n) is 12.7. The first-order chi connectivity index (χ1) is 9.53. The number of amides is 1. The molecular formula is C15H21BrN2O3. The molecule has 0 spiro atoms. The fourth-order valence-electron chi connectivity index (χ4n) is 1.64. The summed E-state index contributed by atoms with van der Waals surface area (Å²) in [6.07, 6.45) is -0.153. The van der Waals surface area contributed by atoms with Gasteiger partial charge in [-0.3, -0.25) is 15.3 Å². The highest BCUT2D eigenvalue weighted by Gasteiger charge is 2.35. The standard InChI is InChI=1S/C15H21BrN2O3/c1-14(2,3)21-12(19)10-15(16,17)18(4)13(20)11-8-6-5-7-9-11/h5-9H,10,17H2,1-4H3. The van der Waals surface area contributed by atoms with Crippen LogP contribution in [-0.2, 0) is 9.53 Å². The lowest BCUT2D eigenvalue weighted by Gasteiger charge is -2.33. The molecule has 116 valence electrons. The van der Waals surface area contributed by atoms with Gasteiger partial charge in [-0.15, -0.1) is 0 Å². The van der Waals surface area contributed by atoms with Crippen molar-refractivity contribution in [2.45, 2.75) is 37.4 Å². The molecule has 1 amide bonds. The summed E-state index contributed by atoms with van der Waals surface area (Å²) >= 11 is 3.24. The third-order valence-corrected chi connectivity index (χ3v) is 3.51. The maximum atomic E-state index is 12.3. The maximum absolute atomic E-state index is 12.3. The van der Waals surface area contributed by atoms with Crippen LogP contribution in [0.15, 0.2) is 30.3 Å². The Labute approximate surface area is 133 Å². The number of halogens is 1. The Hall–Kier alpha value is -1.40. The Morgan fingerprint density at radius 2 is 1.76 bits per heavy atom. The van der Waals surface area contributed by atoms with Crippen LogP contribution in [0.2, 0.25) is 0 Å². The molecule has 1 atom stereocenters. The molecule has 1 aromatic carbocycles. The summed E-state index contributed by atoms with van der Waals surface area (Å²) in [5.41, 5.74) is 5.94. The number of carbonyl (C=O) groups excluding carboxylic acids is 2. The predicted octanol–water partition coefficient (Wildman–Crippen LogP) is 2.50. The highest BCUT2D eigenvalue weighted by atomic mass is 79.9. The van der Waals surface area contributed by atoms with Gasteiger partial charge in [-0.05, 0) is 48.8 Å². The van der Waals surface area contributed by atoms with Crippen molar-refractivity contribution in [2.24, 2.45) is 5.73 Å². The van der Waals surface area contributed by atoms with E-state index in [-0.39, 0.29) is 12.3 Å². The molecule has 0 fully saturated rings. The van der Waals surface area contributed by atoms with E-state index in [1.165, 1.54) is 11.9 Å². The quantitative estimate of drug-likeness (QED) is 0.389. The van der Waals surface area contributed by atoms with Crippen molar-refractivity contribution in [3.63, 3.8) is 0 Å². The van der Waals surface area contributed by atoms with E-state index in [9.17, 15) is 9.59 Å². The second kappa shape index (κ2) is 6.58. The highest BCUT2D eigenvalue weighted by Crippen LogP contribution is 2.24. The summed E-state index contributed by atoms with van der Waals surface area (Å²) in [7, 11) is 1.54. The van der Waals surface area contributed by atoms with Crippen molar-refractivity contribution in [1.82, 2.24) is 4.90 Å². The van der Waals surface area contributed by atoms with E-state index in [0.29, 0.717) is 5.56 Å². The minimum Gasteiger partial charge on any atom is -0.460 e. The van der Waals surface area contributed by atoms with Crippen LogP contribution in [0.3, 0.4) is 0 Å². The topological polar surface area (TPSA) is 72.6 Å². The first-order valence-corrected chi connectivity index (χ1v) is 7.35. The molecular weight excluding hydrogens is 336 g/mol. The van der Waals surface area contributed by atoms with Crippen LogP contribution in [0, 0.1) is 0 Å². The molecule has 0 aliphatic heterocycles. The van der Waals surface area contributed by atoms with Crippen molar-refractivity contribution in [3.8, 4) is 0 Å². The van der Waals surface area contributed by atoms with E-state index in [1.807, 2.05) is 6.07 Å². The van der Waals surface area contributed by atoms with Gasteiger partial charge >= 0.3 is 5.97 Å². The van der Waals surface area contributed by atoms with Crippen LogP contribution in [-0.4, -0.2) is 34.0 Å². The molecule has 2 N–H and O–H groups in total. The SMILES string of the molecule is CN(C(=O)c1ccccc1)C(N)(Br)CC(=O)OC(C)(C)C. The van der Waals surface area contributed by atoms with Crippen molar-refractivity contribution in [1.29, 1.82) is 0 Å². The van der Waals surface area contributed by atoms with E-state index in [0.717, 1.165) is 0 Å². The van der Waals surface area contributed by atoms with Gasteiger partial charge in [0.15, 0.2) is 4.57 Å². The normalized spacial score (nSPS) is 14.2. The van der Waals surface area contributed by atoms with Crippen LogP contribution in [0.1, 0.15) is 37.6 Å². The molecule has 0 heterocycles. The zero-order valence-corrected chi connectivity index (χ0v) is 14.3. The first-order valence-electron chi connectivity index (χ1n) is 6.56. The van der Waals surface area contributed by atoms with Crippen LogP contribution in [0.5, 0.6) is 0 Å². The van der Waals surface area contributed by atoms with Crippen molar-refractivity contribution in [3.05, 3.63) is 35.9 Å². The Kier molecular flexibility index (Phi) is 5.53. The molecule has 21 heavy (non-hydrogen) atoms. The smallest absolute Gasteiger partial charge is 0.311 e. The number of rotatable bonds is 4. The summed E-state index contributed by atoms with van der Waals surface area (Å²) in [5, 5.41) is 0. The molecule has 0 aromatic heterocycles. The lowest BCUT2D eigenvalue weighted by atomic mass is 10.1. The monoisotopic (exact) mass is 356 g/mol. The summed E-state index contributed by atoms with van der Waals surface area (Å²) < 4.78 is 3.92. The van der Waals surface area contributed by atoms with Gasteiger partial charge in [0.25, 0.3) is 5.91 Å². The predicted molar refractivity (Wildman–Crippen MR) is 84.8 cm³/mol. The number of hydrogen-bond acceptors (Lipinski definition) is 4. The first kappa shape index (κ1) is 17.7. The van der Waals surface area contributed by atoms with Crippen LogP contribution in [0.4, 0.5) is 0 Å². The second-order valence-corrected chi connectivity index (χ2v) is 7.19. The Balaban J connectivity index is 2.77. The van der Waals surface area contributed by atoms with Gasteiger partial charge in [-0.1, -0.05) is 18.2 Å². The van der Waals surface area contributed by atoms with E-state index < -0.39 is 16.1 Å². The van der Waals surface area contributed by atoms with Crippen LogP contribution < -0.4 is 5.73 Å². The van der Waals surface area contributed by atoms with Gasteiger partial charge in [0.05, 0.1) is 6.42 Å². The minimum atomic E-state index is -1.30. The molecule has 6 heteroatoms. The summed E-state index contributed by atoms with van der Waals surface area (Å²) in [5.74, 6) is -0.756. The summed E-state index contributed by atoms with van der Waals surface area (Å²) in [4.78, 5) is 25.5. The average Bonchev–Trinajstić information content (AvgIpc) is 2.35. The van der Waals surface area contributed by atoms with E-state index in [4.69, 9.17) is 10.5 Å². The minimum absolute atomic E-state index is 0.153. The summed E-state index contributed by atoms with van der Waals surface area (Å²) in [6, 6.07) is 8.73. The highest BCUT2D eigenvalue weighted by molar-refractivity contribution is 9.10. The fraction of sp³-hybridized carbons (Fsp3) is 0.467. The Morgan fingerprint density at radius 3 is 2.24 bits per heavy atom. The largest absolute Gasteiger partial charge is 0.460 e. The van der Waals surface area contributed by atoms with E-state index >= 15 is 0 Å². The Morgan fingerprint density at radius 1 is 1.24 bits per heavy atom. The lowest BCUT2D eigenvalue weighted by molar-refractivity contribution is -0.156. The number of esters is 1. The van der Waals surface area contributed by atoms with Gasteiger partial charge in [0.1, 0.15) is 5.60 Å². The summed E-state index contributed by atoms with van der Waals surface area (Å²) in [6.45, 7) is 5.32. The van der Waals surface area contributed by atoms with Gasteiger partial charge < -0.3 is 9.64 Å². The van der Waals surface area contributed by atoms with Crippen molar-refractivity contribution < 1.29 is 14.3 Å². The molecule has 0 radical (unpaired) electrons. The Bertz CT molecular complexity index is 509. The van der Waals surface area contributed by atoms with E-state index in [1.54, 1.807) is 45.0 Å². The molecule has 0 saturated heterocycles. The number of nitrogens with zero attached hydrogens (tertiary/aromatic N) is 1. The lowest BCUT2D eigenvalue weighted by Crippen LogP contribution is -2.53. The number of carbonyl (C=O) groups is 2. The van der Waals surface area contributed by atoms with E-state index in [2.05, 4.69) is 15.9 Å². The number of benzene rings is 1. The number of alkyl halides is 1. The number of nitrogens with two attached hydrogens (primary N) is 1. The number of ether oxygens (including phenoxy) is 1. The van der Waals surface area contributed by atoms with Gasteiger partial charge in [-0.25, -0.2) is 0 Å².